The van der Waals surface area contributed by atoms with Gasteiger partial charge >= 0.3 is 0 Å². The summed E-state index contributed by atoms with van der Waals surface area (Å²) in [7, 11) is 3.25. The number of carbonyl (C=O) groups excluding carboxylic acids is 1. The number of anilines is 1. The van der Waals surface area contributed by atoms with Gasteiger partial charge in [-0.15, -0.1) is 11.3 Å². The first-order valence-electron chi connectivity index (χ1n) is 8.38. The zero-order valence-electron chi connectivity index (χ0n) is 14.9. The van der Waals surface area contributed by atoms with Crippen LogP contribution in [0.3, 0.4) is 0 Å². The smallest absolute Gasteiger partial charge is 0.262 e. The fourth-order valence-electron chi connectivity index (χ4n) is 2.93. The van der Waals surface area contributed by atoms with Crippen molar-refractivity contribution in [3.63, 3.8) is 0 Å². The van der Waals surface area contributed by atoms with Crippen LogP contribution in [0.15, 0.2) is 41.8 Å². The van der Waals surface area contributed by atoms with Gasteiger partial charge < -0.3 is 19.5 Å². The van der Waals surface area contributed by atoms with Gasteiger partial charge in [0.1, 0.15) is 5.75 Å². The Morgan fingerprint density at radius 3 is 2.81 bits per heavy atom. The van der Waals surface area contributed by atoms with E-state index >= 15 is 0 Å². The van der Waals surface area contributed by atoms with Crippen molar-refractivity contribution in [1.29, 1.82) is 0 Å². The van der Waals surface area contributed by atoms with Crippen LogP contribution in [0.25, 0.3) is 11.3 Å². The van der Waals surface area contributed by atoms with Crippen molar-refractivity contribution in [3.05, 3.63) is 52.3 Å². The Balaban J connectivity index is 1.56. The maximum absolute atomic E-state index is 11.5. The first-order valence-corrected chi connectivity index (χ1v) is 9.26. The maximum atomic E-state index is 11.5. The molecule has 2 heterocycles. The van der Waals surface area contributed by atoms with E-state index < -0.39 is 0 Å². The Morgan fingerprint density at radius 1 is 1.15 bits per heavy atom. The number of carbonyl (C=O) groups is 1. The Kier molecular flexibility index (Phi) is 4.68. The molecule has 0 radical (unpaired) electrons. The molecule has 1 amide bonds. The number of hydrogen-bond donors (Lipinski definition) is 1. The van der Waals surface area contributed by atoms with E-state index in [0.717, 1.165) is 21.8 Å². The largest absolute Gasteiger partial charge is 0.493 e. The molecule has 1 aliphatic heterocycles. The number of rotatable bonds is 5. The highest BCUT2D eigenvalue weighted by Crippen LogP contribution is 2.34. The van der Waals surface area contributed by atoms with Crippen molar-refractivity contribution in [2.45, 2.75) is 6.42 Å². The van der Waals surface area contributed by atoms with E-state index in [9.17, 15) is 4.79 Å². The number of amides is 1. The van der Waals surface area contributed by atoms with Crippen LogP contribution in [0.2, 0.25) is 0 Å². The molecule has 4 rings (SSSR count). The second-order valence-electron chi connectivity index (χ2n) is 6.04. The molecule has 138 valence electrons. The van der Waals surface area contributed by atoms with Gasteiger partial charge in [0.2, 0.25) is 0 Å². The summed E-state index contributed by atoms with van der Waals surface area (Å²) in [6.45, 7) is 0.0541. The molecule has 0 unspecified atom stereocenters. The summed E-state index contributed by atoms with van der Waals surface area (Å²) >= 11 is 1.60. The highest BCUT2D eigenvalue weighted by Gasteiger charge is 2.17. The Bertz CT molecular complexity index is 999. The fourth-order valence-corrected chi connectivity index (χ4v) is 3.77. The van der Waals surface area contributed by atoms with Crippen LogP contribution in [0.4, 0.5) is 5.69 Å². The minimum atomic E-state index is -0.146. The van der Waals surface area contributed by atoms with E-state index in [-0.39, 0.29) is 12.5 Å². The van der Waals surface area contributed by atoms with E-state index in [1.54, 1.807) is 25.6 Å². The lowest BCUT2D eigenvalue weighted by molar-refractivity contribution is -0.118. The molecule has 0 atom stereocenters. The highest BCUT2D eigenvalue weighted by atomic mass is 32.1. The monoisotopic (exact) mass is 382 g/mol. The van der Waals surface area contributed by atoms with Crippen molar-refractivity contribution < 1.29 is 19.0 Å². The molecule has 6 nitrogen and oxygen atoms in total. The number of methoxy groups -OCH3 is 2. The molecule has 7 heteroatoms. The normalized spacial score (nSPS) is 12.7. The third-order valence-corrected chi connectivity index (χ3v) is 5.11. The van der Waals surface area contributed by atoms with Gasteiger partial charge in [-0.1, -0.05) is 6.07 Å². The summed E-state index contributed by atoms with van der Waals surface area (Å²) in [4.78, 5) is 16.2. The lowest BCUT2D eigenvalue weighted by Gasteiger charge is -2.18. The summed E-state index contributed by atoms with van der Waals surface area (Å²) in [5.74, 6) is 1.95. The predicted molar refractivity (Wildman–Crippen MR) is 104 cm³/mol. The van der Waals surface area contributed by atoms with E-state index in [2.05, 4.69) is 5.32 Å². The molecule has 0 aliphatic carbocycles. The Labute approximate surface area is 160 Å². The first kappa shape index (κ1) is 17.4. The number of fused-ring (bicyclic) bond motifs is 1. The summed E-state index contributed by atoms with van der Waals surface area (Å²) in [6.07, 6.45) is 0.704. The molecular formula is C20H18N2O4S. The molecule has 27 heavy (non-hydrogen) atoms. The van der Waals surface area contributed by atoms with E-state index in [0.29, 0.717) is 29.4 Å². The summed E-state index contributed by atoms with van der Waals surface area (Å²) < 4.78 is 16.0. The summed E-state index contributed by atoms with van der Waals surface area (Å²) in [5, 5.41) is 5.84. The SMILES string of the molecule is COc1ccc(Cc2nc(-c3ccc4c(c3)NC(=O)CO4)cs2)cc1OC. The van der Waals surface area contributed by atoms with Crippen LogP contribution in [0, 0.1) is 0 Å². The van der Waals surface area contributed by atoms with Crippen LogP contribution in [0.1, 0.15) is 10.6 Å². The van der Waals surface area contributed by atoms with Crippen molar-refractivity contribution in [2.75, 3.05) is 26.1 Å². The van der Waals surface area contributed by atoms with Gasteiger partial charge in [-0.3, -0.25) is 4.79 Å². The number of ether oxygens (including phenoxy) is 3. The van der Waals surface area contributed by atoms with Gasteiger partial charge in [0, 0.05) is 17.4 Å². The molecule has 0 saturated carbocycles. The zero-order valence-corrected chi connectivity index (χ0v) is 15.8. The average molecular weight is 382 g/mol. The van der Waals surface area contributed by atoms with Crippen LogP contribution in [-0.2, 0) is 11.2 Å². The molecule has 0 fully saturated rings. The number of thiazole rings is 1. The fraction of sp³-hybridized carbons (Fsp3) is 0.200. The van der Waals surface area contributed by atoms with Crippen molar-refractivity contribution in [3.8, 4) is 28.5 Å². The van der Waals surface area contributed by atoms with Gasteiger partial charge in [-0.2, -0.15) is 0 Å². The second kappa shape index (κ2) is 7.28. The minimum absolute atomic E-state index is 0.0541. The van der Waals surface area contributed by atoms with E-state index in [4.69, 9.17) is 19.2 Å². The number of nitrogens with zero attached hydrogens (tertiary/aromatic N) is 1. The second-order valence-corrected chi connectivity index (χ2v) is 6.98. The standard InChI is InChI=1S/C20H18N2O4S/c1-24-17-5-3-12(7-18(17)25-2)8-20-22-15(11-27-20)13-4-6-16-14(9-13)21-19(23)10-26-16/h3-7,9,11H,8,10H2,1-2H3,(H,21,23). The summed E-state index contributed by atoms with van der Waals surface area (Å²) in [5.41, 5.74) is 3.59. The van der Waals surface area contributed by atoms with Crippen LogP contribution >= 0.6 is 11.3 Å². The van der Waals surface area contributed by atoms with Gasteiger partial charge in [-0.05, 0) is 35.9 Å². The lowest BCUT2D eigenvalue weighted by atomic mass is 10.1. The Morgan fingerprint density at radius 2 is 2.00 bits per heavy atom. The van der Waals surface area contributed by atoms with Crippen molar-refractivity contribution >= 4 is 22.9 Å². The highest BCUT2D eigenvalue weighted by molar-refractivity contribution is 7.10. The van der Waals surface area contributed by atoms with Gasteiger partial charge in [-0.25, -0.2) is 4.98 Å². The molecule has 0 spiro atoms. The number of aromatic nitrogens is 1. The minimum Gasteiger partial charge on any atom is -0.493 e. The van der Waals surface area contributed by atoms with E-state index in [1.807, 2.05) is 41.8 Å². The topological polar surface area (TPSA) is 69.7 Å². The third-order valence-electron chi connectivity index (χ3n) is 4.26. The lowest BCUT2D eigenvalue weighted by Crippen LogP contribution is -2.25. The summed E-state index contributed by atoms with van der Waals surface area (Å²) in [6, 6.07) is 11.6. The molecule has 3 aromatic rings. The first-order chi connectivity index (χ1) is 13.2. The third kappa shape index (κ3) is 3.59. The molecule has 1 aromatic heterocycles. The van der Waals surface area contributed by atoms with Gasteiger partial charge in [0.15, 0.2) is 18.1 Å². The van der Waals surface area contributed by atoms with Crippen molar-refractivity contribution in [1.82, 2.24) is 4.98 Å². The van der Waals surface area contributed by atoms with Gasteiger partial charge in [0.25, 0.3) is 5.91 Å². The van der Waals surface area contributed by atoms with Crippen molar-refractivity contribution in [2.24, 2.45) is 0 Å². The average Bonchev–Trinajstić information content (AvgIpc) is 3.15. The number of benzene rings is 2. The molecule has 1 N–H and O–H groups in total. The number of hydrogen-bond acceptors (Lipinski definition) is 6. The Hall–Kier alpha value is -3.06. The molecular weight excluding hydrogens is 364 g/mol. The van der Waals surface area contributed by atoms with Crippen LogP contribution < -0.4 is 19.5 Å². The zero-order chi connectivity index (χ0) is 18.8. The predicted octanol–water partition coefficient (Wildman–Crippen LogP) is 3.75. The molecule has 2 aromatic carbocycles. The molecule has 0 bridgehead atoms. The van der Waals surface area contributed by atoms with E-state index in [1.165, 1.54) is 0 Å². The molecule has 0 saturated heterocycles. The van der Waals surface area contributed by atoms with Crippen LogP contribution in [0.5, 0.6) is 17.2 Å². The maximum Gasteiger partial charge on any atom is 0.262 e. The van der Waals surface area contributed by atoms with Crippen LogP contribution in [-0.4, -0.2) is 31.7 Å². The molecule has 1 aliphatic rings. The van der Waals surface area contributed by atoms with Gasteiger partial charge in [0.05, 0.1) is 30.6 Å². The number of nitrogens with one attached hydrogen (secondary N) is 1. The quantitative estimate of drug-likeness (QED) is 0.728.